The molecule has 0 spiro atoms. The number of hydrogen-bond donors (Lipinski definition) is 3. The predicted molar refractivity (Wildman–Crippen MR) is 53.5 cm³/mol. The van der Waals surface area contributed by atoms with Crippen LogP contribution in [0.4, 0.5) is 0 Å². The first-order valence-electron chi connectivity index (χ1n) is 4.26. The van der Waals surface area contributed by atoms with E-state index in [2.05, 4.69) is 16.4 Å². The summed E-state index contributed by atoms with van der Waals surface area (Å²) < 4.78 is 0. The van der Waals surface area contributed by atoms with Crippen LogP contribution in [-0.4, -0.2) is 23.6 Å². The molecule has 0 aliphatic carbocycles. The highest BCUT2D eigenvalue weighted by Crippen LogP contribution is 1.95. The van der Waals surface area contributed by atoms with Gasteiger partial charge in [-0.3, -0.25) is 0 Å². The summed E-state index contributed by atoms with van der Waals surface area (Å²) in [5.74, 6) is 2.82. The Balaban J connectivity index is 3.71. The van der Waals surface area contributed by atoms with Gasteiger partial charge in [-0.2, -0.15) is 0 Å². The maximum Gasteiger partial charge on any atom is 0.143 e. The molecule has 0 saturated carbocycles. The van der Waals surface area contributed by atoms with E-state index in [1.54, 1.807) is 0 Å². The molecule has 0 bridgehead atoms. The van der Waals surface area contributed by atoms with Crippen molar-refractivity contribution >= 4 is 5.84 Å². The molecule has 4 nitrogen and oxygen atoms in total. The second-order valence-electron chi connectivity index (χ2n) is 3.14. The maximum atomic E-state index is 8.38. The van der Waals surface area contributed by atoms with Crippen molar-refractivity contribution in [1.82, 2.24) is 5.32 Å². The van der Waals surface area contributed by atoms with Crippen LogP contribution in [0, 0.1) is 18.3 Å². The molecule has 2 unspecified atom stereocenters. The monoisotopic (exact) mass is 183 g/mol. The van der Waals surface area contributed by atoms with Crippen LogP contribution in [0.1, 0.15) is 20.3 Å². The number of hydrogen-bond acceptors (Lipinski definition) is 3. The summed E-state index contributed by atoms with van der Waals surface area (Å²) in [7, 11) is 0. The Labute approximate surface area is 79.2 Å². The topological polar surface area (TPSA) is 70.6 Å². The highest BCUT2D eigenvalue weighted by molar-refractivity contribution is 5.82. The van der Waals surface area contributed by atoms with Gasteiger partial charge in [-0.25, -0.2) is 0 Å². The summed E-state index contributed by atoms with van der Waals surface area (Å²) in [5, 5.41) is 14.5. The minimum atomic E-state index is 0.0187. The van der Waals surface area contributed by atoms with E-state index in [1.807, 2.05) is 13.8 Å². The summed E-state index contributed by atoms with van der Waals surface area (Å²) in [6.45, 7) is 4.54. The molecule has 0 aliphatic rings. The fourth-order valence-corrected chi connectivity index (χ4v) is 0.830. The van der Waals surface area contributed by atoms with Gasteiger partial charge in [0.2, 0.25) is 0 Å². The fraction of sp³-hybridized carbons (Fsp3) is 0.667. The van der Waals surface area contributed by atoms with Gasteiger partial charge >= 0.3 is 0 Å². The highest BCUT2D eigenvalue weighted by Gasteiger charge is 2.08. The minimum absolute atomic E-state index is 0.0187. The Kier molecular flexibility index (Phi) is 5.73. The van der Waals surface area contributed by atoms with Crippen LogP contribution in [0.5, 0.6) is 0 Å². The zero-order chi connectivity index (χ0) is 10.3. The van der Waals surface area contributed by atoms with Crippen LogP contribution in [0.2, 0.25) is 0 Å². The summed E-state index contributed by atoms with van der Waals surface area (Å²) >= 11 is 0. The van der Waals surface area contributed by atoms with E-state index in [1.165, 1.54) is 0 Å². The normalized spacial score (nSPS) is 16.2. The summed E-state index contributed by atoms with van der Waals surface area (Å²) in [6, 6.07) is 0.263. The van der Waals surface area contributed by atoms with Gasteiger partial charge in [0.25, 0.3) is 0 Å². The first kappa shape index (κ1) is 11.8. The fourth-order valence-electron chi connectivity index (χ4n) is 0.830. The van der Waals surface area contributed by atoms with Gasteiger partial charge in [0, 0.05) is 24.9 Å². The number of nitrogens with zero attached hydrogens (tertiary/aromatic N) is 1. The van der Waals surface area contributed by atoms with E-state index >= 15 is 0 Å². The lowest BCUT2D eigenvalue weighted by atomic mass is 10.1. The van der Waals surface area contributed by atoms with E-state index < -0.39 is 0 Å². The molecule has 0 fully saturated rings. The van der Waals surface area contributed by atoms with Crippen molar-refractivity contribution in [2.24, 2.45) is 16.8 Å². The Bertz CT molecular complexity index is 207. The Morgan fingerprint density at radius 3 is 2.77 bits per heavy atom. The van der Waals surface area contributed by atoms with E-state index in [9.17, 15) is 0 Å². The number of amidine groups is 1. The molecule has 0 aromatic rings. The lowest BCUT2D eigenvalue weighted by molar-refractivity contribution is 0.313. The van der Waals surface area contributed by atoms with Crippen molar-refractivity contribution in [2.45, 2.75) is 26.3 Å². The van der Waals surface area contributed by atoms with Crippen molar-refractivity contribution < 1.29 is 5.21 Å². The average Bonchev–Trinajstić information content (AvgIpc) is 2.13. The molecule has 0 rings (SSSR count). The zero-order valence-corrected chi connectivity index (χ0v) is 8.12. The quantitative estimate of drug-likeness (QED) is 0.190. The third-order valence-corrected chi connectivity index (χ3v) is 1.82. The van der Waals surface area contributed by atoms with Crippen LogP contribution in [0.25, 0.3) is 0 Å². The number of nitrogens with one attached hydrogen (secondary N) is 1. The van der Waals surface area contributed by atoms with E-state index in [0.717, 1.165) is 0 Å². The number of nitrogens with two attached hydrogens (primary N) is 1. The Morgan fingerprint density at radius 2 is 2.31 bits per heavy atom. The summed E-state index contributed by atoms with van der Waals surface area (Å²) in [4.78, 5) is 0. The van der Waals surface area contributed by atoms with Gasteiger partial charge in [-0.1, -0.05) is 12.1 Å². The first-order valence-corrected chi connectivity index (χ1v) is 4.26. The van der Waals surface area contributed by atoms with Crippen molar-refractivity contribution in [1.29, 1.82) is 0 Å². The minimum Gasteiger partial charge on any atom is -0.409 e. The average molecular weight is 183 g/mol. The highest BCUT2D eigenvalue weighted by atomic mass is 16.4. The number of terminal acetylenes is 1. The predicted octanol–water partition coefficient (Wildman–Crippen LogP) is 0.370. The van der Waals surface area contributed by atoms with Gasteiger partial charge in [0.05, 0.1) is 0 Å². The Morgan fingerprint density at radius 1 is 1.69 bits per heavy atom. The van der Waals surface area contributed by atoms with Crippen LogP contribution in [-0.2, 0) is 0 Å². The maximum absolute atomic E-state index is 8.38. The van der Waals surface area contributed by atoms with Crippen molar-refractivity contribution in [3.63, 3.8) is 0 Å². The summed E-state index contributed by atoms with van der Waals surface area (Å²) in [5.41, 5.74) is 5.40. The largest absolute Gasteiger partial charge is 0.409 e. The van der Waals surface area contributed by atoms with Crippen LogP contribution >= 0.6 is 0 Å². The molecule has 2 atom stereocenters. The lowest BCUT2D eigenvalue weighted by Crippen LogP contribution is -2.35. The summed E-state index contributed by atoms with van der Waals surface area (Å²) in [6.07, 6.45) is 5.83. The van der Waals surface area contributed by atoms with Crippen molar-refractivity contribution in [2.75, 3.05) is 6.54 Å². The number of oxime groups is 1. The molecule has 4 heteroatoms. The molecule has 0 aliphatic heterocycles. The van der Waals surface area contributed by atoms with Gasteiger partial charge in [-0.05, 0) is 6.92 Å². The standard InChI is InChI=1S/C9H17N3O/c1-4-5-8(3)11-6-7(2)9(10)12-13/h1,7-8,11,13H,5-6H2,2-3H3,(H2,10,12). The van der Waals surface area contributed by atoms with Gasteiger partial charge in [0.1, 0.15) is 5.84 Å². The molecule has 0 radical (unpaired) electrons. The zero-order valence-electron chi connectivity index (χ0n) is 8.12. The van der Waals surface area contributed by atoms with E-state index in [-0.39, 0.29) is 17.8 Å². The third kappa shape index (κ3) is 5.10. The van der Waals surface area contributed by atoms with Crippen molar-refractivity contribution in [3.8, 4) is 12.3 Å². The molecule has 0 aromatic carbocycles. The SMILES string of the molecule is C#CCC(C)NCC(C)C(N)=NO. The van der Waals surface area contributed by atoms with E-state index in [0.29, 0.717) is 13.0 Å². The lowest BCUT2D eigenvalue weighted by Gasteiger charge is -2.14. The van der Waals surface area contributed by atoms with Gasteiger partial charge < -0.3 is 16.3 Å². The molecular formula is C9H17N3O. The molecule has 0 amide bonds. The second-order valence-corrected chi connectivity index (χ2v) is 3.14. The van der Waals surface area contributed by atoms with Crippen molar-refractivity contribution in [3.05, 3.63) is 0 Å². The third-order valence-electron chi connectivity index (χ3n) is 1.82. The molecule has 0 heterocycles. The number of rotatable bonds is 5. The van der Waals surface area contributed by atoms with Crippen LogP contribution < -0.4 is 11.1 Å². The van der Waals surface area contributed by atoms with Gasteiger partial charge in [-0.15, -0.1) is 12.3 Å². The molecule has 74 valence electrons. The molecule has 4 N–H and O–H groups in total. The molecule has 13 heavy (non-hydrogen) atoms. The molecule has 0 saturated heterocycles. The van der Waals surface area contributed by atoms with Crippen LogP contribution in [0.3, 0.4) is 0 Å². The Hall–Kier alpha value is -1.21. The first-order chi connectivity index (χ1) is 6.11. The molecular weight excluding hydrogens is 166 g/mol. The molecule has 0 aromatic heterocycles. The second kappa shape index (κ2) is 6.32. The smallest absolute Gasteiger partial charge is 0.143 e. The van der Waals surface area contributed by atoms with Gasteiger partial charge in [0.15, 0.2) is 0 Å². The van der Waals surface area contributed by atoms with Crippen LogP contribution in [0.15, 0.2) is 5.16 Å². The van der Waals surface area contributed by atoms with E-state index in [4.69, 9.17) is 17.4 Å².